The molecular weight excluding hydrogens is 254 g/mol. The van der Waals surface area contributed by atoms with E-state index < -0.39 is 0 Å². The number of furan rings is 1. The van der Waals surface area contributed by atoms with E-state index in [4.69, 9.17) is 13.9 Å². The Morgan fingerprint density at radius 2 is 2.05 bits per heavy atom. The Morgan fingerprint density at radius 1 is 1.20 bits per heavy atom. The Kier molecular flexibility index (Phi) is 5.07. The van der Waals surface area contributed by atoms with Crippen LogP contribution in [0.3, 0.4) is 0 Å². The summed E-state index contributed by atoms with van der Waals surface area (Å²) in [4.78, 5) is 0. The Morgan fingerprint density at radius 3 is 2.80 bits per heavy atom. The molecule has 0 radical (unpaired) electrons. The molecule has 1 aromatic heterocycles. The van der Waals surface area contributed by atoms with E-state index in [1.165, 1.54) is 0 Å². The van der Waals surface area contributed by atoms with E-state index in [0.29, 0.717) is 6.61 Å². The molecule has 0 aliphatic rings. The molecular formula is C16H21NO3. The minimum absolute atomic E-state index is 0.394. The van der Waals surface area contributed by atoms with Gasteiger partial charge >= 0.3 is 0 Å². The molecule has 1 heterocycles. The summed E-state index contributed by atoms with van der Waals surface area (Å²) in [6.07, 6.45) is 1.76. The molecule has 4 heteroatoms. The molecule has 1 aromatic carbocycles. The lowest BCUT2D eigenvalue weighted by Crippen LogP contribution is -2.10. The second-order valence-electron chi connectivity index (χ2n) is 4.64. The molecule has 0 bridgehead atoms. The smallest absolute Gasteiger partial charge is 0.161 e. The maximum Gasteiger partial charge on any atom is 0.161 e. The SMILES string of the molecule is CCNCc1coc(COc2ccc(C)cc2OC)c1. The topological polar surface area (TPSA) is 43.6 Å². The monoisotopic (exact) mass is 275 g/mol. The van der Waals surface area contributed by atoms with E-state index >= 15 is 0 Å². The van der Waals surface area contributed by atoms with Gasteiger partial charge in [-0.1, -0.05) is 13.0 Å². The lowest BCUT2D eigenvalue weighted by atomic mass is 10.2. The zero-order valence-electron chi connectivity index (χ0n) is 12.2. The third-order valence-corrected chi connectivity index (χ3v) is 2.98. The third kappa shape index (κ3) is 3.78. The van der Waals surface area contributed by atoms with Gasteiger partial charge in [-0.25, -0.2) is 0 Å². The summed E-state index contributed by atoms with van der Waals surface area (Å²) in [5, 5.41) is 3.26. The molecule has 0 aliphatic carbocycles. The van der Waals surface area contributed by atoms with Crippen LogP contribution in [0.2, 0.25) is 0 Å². The molecule has 2 aromatic rings. The van der Waals surface area contributed by atoms with Gasteiger partial charge in [-0.05, 0) is 37.2 Å². The highest BCUT2D eigenvalue weighted by Gasteiger charge is 2.07. The first-order valence-electron chi connectivity index (χ1n) is 6.77. The van der Waals surface area contributed by atoms with E-state index in [0.717, 1.165) is 41.5 Å². The fraction of sp³-hybridized carbons (Fsp3) is 0.375. The van der Waals surface area contributed by atoms with Crippen LogP contribution in [0.15, 0.2) is 34.9 Å². The molecule has 0 saturated carbocycles. The summed E-state index contributed by atoms with van der Waals surface area (Å²) in [6.45, 7) is 6.25. The normalized spacial score (nSPS) is 10.6. The molecule has 0 atom stereocenters. The second kappa shape index (κ2) is 7.01. The van der Waals surface area contributed by atoms with E-state index in [2.05, 4.69) is 12.2 Å². The summed E-state index contributed by atoms with van der Waals surface area (Å²) in [5.74, 6) is 2.27. The van der Waals surface area contributed by atoms with Crippen LogP contribution in [-0.4, -0.2) is 13.7 Å². The predicted molar refractivity (Wildman–Crippen MR) is 78.2 cm³/mol. The number of hydrogen-bond acceptors (Lipinski definition) is 4. The summed E-state index contributed by atoms with van der Waals surface area (Å²) < 4.78 is 16.5. The van der Waals surface area contributed by atoms with Gasteiger partial charge in [0.25, 0.3) is 0 Å². The van der Waals surface area contributed by atoms with Crippen molar-refractivity contribution in [3.8, 4) is 11.5 Å². The predicted octanol–water partition coefficient (Wildman–Crippen LogP) is 3.29. The van der Waals surface area contributed by atoms with Crippen molar-refractivity contribution in [2.24, 2.45) is 0 Å². The van der Waals surface area contributed by atoms with Crippen molar-refractivity contribution in [2.75, 3.05) is 13.7 Å². The van der Waals surface area contributed by atoms with Crippen LogP contribution in [0.5, 0.6) is 11.5 Å². The van der Waals surface area contributed by atoms with E-state index in [1.807, 2.05) is 31.2 Å². The number of aryl methyl sites for hydroxylation is 1. The average molecular weight is 275 g/mol. The highest BCUT2D eigenvalue weighted by Crippen LogP contribution is 2.28. The zero-order chi connectivity index (χ0) is 14.4. The summed E-state index contributed by atoms with van der Waals surface area (Å²) in [7, 11) is 1.64. The van der Waals surface area contributed by atoms with Gasteiger partial charge in [-0.15, -0.1) is 0 Å². The van der Waals surface area contributed by atoms with E-state index in [1.54, 1.807) is 13.4 Å². The summed E-state index contributed by atoms with van der Waals surface area (Å²) in [6, 6.07) is 7.87. The van der Waals surface area contributed by atoms with E-state index in [9.17, 15) is 0 Å². The maximum absolute atomic E-state index is 5.75. The van der Waals surface area contributed by atoms with Gasteiger partial charge < -0.3 is 19.2 Å². The first-order chi connectivity index (χ1) is 9.72. The molecule has 0 aliphatic heterocycles. The van der Waals surface area contributed by atoms with E-state index in [-0.39, 0.29) is 0 Å². The quantitative estimate of drug-likeness (QED) is 0.842. The van der Waals surface area contributed by atoms with Gasteiger partial charge in [0.1, 0.15) is 12.4 Å². The number of benzene rings is 1. The Bertz CT molecular complexity index is 548. The standard InChI is InChI=1S/C16H21NO3/c1-4-17-9-13-8-14(19-10-13)11-20-15-6-5-12(2)7-16(15)18-3/h5-8,10,17H,4,9,11H2,1-3H3. The molecule has 20 heavy (non-hydrogen) atoms. The van der Waals surface area contributed by atoms with Crippen molar-refractivity contribution < 1.29 is 13.9 Å². The minimum Gasteiger partial charge on any atom is -0.493 e. The van der Waals surface area contributed by atoms with Crippen molar-refractivity contribution in [3.63, 3.8) is 0 Å². The third-order valence-electron chi connectivity index (χ3n) is 2.98. The molecule has 1 N–H and O–H groups in total. The number of nitrogens with one attached hydrogen (secondary N) is 1. The fourth-order valence-electron chi connectivity index (χ4n) is 1.91. The molecule has 2 rings (SSSR count). The minimum atomic E-state index is 0.394. The lowest BCUT2D eigenvalue weighted by Gasteiger charge is -2.10. The maximum atomic E-state index is 5.75. The Balaban J connectivity index is 1.96. The Labute approximate surface area is 119 Å². The largest absolute Gasteiger partial charge is 0.493 e. The Hall–Kier alpha value is -1.94. The van der Waals surface area contributed by atoms with Crippen LogP contribution in [0.25, 0.3) is 0 Å². The highest BCUT2D eigenvalue weighted by atomic mass is 16.5. The molecule has 108 valence electrons. The van der Waals surface area contributed by atoms with Crippen LogP contribution in [0.1, 0.15) is 23.8 Å². The molecule has 0 fully saturated rings. The van der Waals surface area contributed by atoms with Crippen LogP contribution in [0.4, 0.5) is 0 Å². The van der Waals surface area contributed by atoms with Crippen molar-refractivity contribution in [1.29, 1.82) is 0 Å². The van der Waals surface area contributed by atoms with Crippen LogP contribution in [-0.2, 0) is 13.2 Å². The number of ether oxygens (including phenoxy) is 2. The zero-order valence-corrected chi connectivity index (χ0v) is 12.2. The first-order valence-corrected chi connectivity index (χ1v) is 6.77. The average Bonchev–Trinajstić information content (AvgIpc) is 2.91. The van der Waals surface area contributed by atoms with Crippen LogP contribution >= 0.6 is 0 Å². The van der Waals surface area contributed by atoms with Gasteiger partial charge in [0.2, 0.25) is 0 Å². The number of rotatable bonds is 7. The van der Waals surface area contributed by atoms with Crippen molar-refractivity contribution in [3.05, 3.63) is 47.4 Å². The first kappa shape index (κ1) is 14.5. The van der Waals surface area contributed by atoms with Crippen LogP contribution in [0, 0.1) is 6.92 Å². The van der Waals surface area contributed by atoms with Gasteiger partial charge in [-0.2, -0.15) is 0 Å². The molecule has 0 unspecified atom stereocenters. The van der Waals surface area contributed by atoms with Gasteiger partial charge in [0.05, 0.1) is 13.4 Å². The van der Waals surface area contributed by atoms with Crippen molar-refractivity contribution in [1.82, 2.24) is 5.32 Å². The van der Waals surface area contributed by atoms with Gasteiger partial charge in [0.15, 0.2) is 11.5 Å². The molecule has 0 amide bonds. The fourth-order valence-corrected chi connectivity index (χ4v) is 1.91. The van der Waals surface area contributed by atoms with Gasteiger partial charge in [0, 0.05) is 12.1 Å². The van der Waals surface area contributed by atoms with Crippen molar-refractivity contribution >= 4 is 0 Å². The van der Waals surface area contributed by atoms with Crippen molar-refractivity contribution in [2.45, 2.75) is 27.0 Å². The highest BCUT2D eigenvalue weighted by molar-refractivity contribution is 5.42. The second-order valence-corrected chi connectivity index (χ2v) is 4.64. The summed E-state index contributed by atoms with van der Waals surface area (Å²) >= 11 is 0. The summed E-state index contributed by atoms with van der Waals surface area (Å²) in [5.41, 5.74) is 2.27. The number of hydrogen-bond donors (Lipinski definition) is 1. The lowest BCUT2D eigenvalue weighted by molar-refractivity contribution is 0.256. The molecule has 0 saturated heterocycles. The van der Waals surface area contributed by atoms with Gasteiger partial charge in [-0.3, -0.25) is 0 Å². The molecule has 4 nitrogen and oxygen atoms in total. The number of methoxy groups -OCH3 is 1. The molecule has 0 spiro atoms. The van der Waals surface area contributed by atoms with Crippen LogP contribution < -0.4 is 14.8 Å².